The van der Waals surface area contributed by atoms with Crippen LogP contribution in [0.1, 0.15) is 29.6 Å². The predicted octanol–water partition coefficient (Wildman–Crippen LogP) is 2.91. The van der Waals surface area contributed by atoms with Crippen LogP contribution in [0.4, 0.5) is 8.78 Å². The minimum Gasteiger partial charge on any atom is -0.434 e. The molecule has 2 fully saturated rings. The number of carbonyl (C=O) groups excluding carboxylic acids is 1. The first-order chi connectivity index (χ1) is 10.6. The maximum absolute atomic E-state index is 12.7. The van der Waals surface area contributed by atoms with Gasteiger partial charge in [-0.3, -0.25) is 4.79 Å². The Balaban J connectivity index is 0.00000192. The lowest BCUT2D eigenvalue weighted by Crippen LogP contribution is -2.38. The largest absolute Gasteiger partial charge is 0.434 e. The molecule has 2 N–H and O–H groups in total. The molecule has 3 unspecified atom stereocenters. The number of hydrogen-bond acceptors (Lipinski definition) is 3. The quantitative estimate of drug-likeness (QED) is 0.915. The third-order valence-electron chi connectivity index (χ3n) is 4.77. The maximum Gasteiger partial charge on any atom is 0.387 e. The van der Waals surface area contributed by atoms with Crippen LogP contribution in [0.25, 0.3) is 0 Å². The number of benzene rings is 1. The molecule has 1 aliphatic carbocycles. The minimum atomic E-state index is -2.94. The second kappa shape index (κ2) is 7.45. The fraction of sp³-hybridized carbons (Fsp3) is 0.562. The lowest BCUT2D eigenvalue weighted by Gasteiger charge is -2.29. The topological polar surface area (TPSA) is 55.6 Å². The Labute approximate surface area is 140 Å². The molecular weight excluding hydrogens is 326 g/mol. The molecule has 0 aromatic heterocycles. The first-order valence-corrected chi connectivity index (χ1v) is 7.65. The van der Waals surface area contributed by atoms with Crippen molar-refractivity contribution in [3.05, 3.63) is 29.8 Å². The van der Waals surface area contributed by atoms with E-state index in [-0.39, 0.29) is 35.7 Å². The molecule has 1 aromatic carbocycles. The Hall–Kier alpha value is -1.40. The molecule has 1 aromatic rings. The van der Waals surface area contributed by atoms with Crippen LogP contribution in [0.5, 0.6) is 5.75 Å². The zero-order valence-corrected chi connectivity index (χ0v) is 13.5. The van der Waals surface area contributed by atoms with Crippen LogP contribution in [0.15, 0.2) is 24.3 Å². The van der Waals surface area contributed by atoms with Crippen LogP contribution in [-0.2, 0) is 0 Å². The second-order valence-electron chi connectivity index (χ2n) is 6.10. The number of nitrogens with two attached hydrogens (primary N) is 1. The van der Waals surface area contributed by atoms with Crippen molar-refractivity contribution < 1.29 is 18.3 Å². The van der Waals surface area contributed by atoms with Gasteiger partial charge in [-0.05, 0) is 36.8 Å². The zero-order chi connectivity index (χ0) is 15.7. The smallest absolute Gasteiger partial charge is 0.387 e. The molecular formula is C16H21ClF2N2O2. The predicted molar refractivity (Wildman–Crippen MR) is 85.0 cm³/mol. The van der Waals surface area contributed by atoms with Gasteiger partial charge in [0.2, 0.25) is 0 Å². The maximum atomic E-state index is 12.7. The van der Waals surface area contributed by atoms with Crippen molar-refractivity contribution in [1.82, 2.24) is 4.90 Å². The highest BCUT2D eigenvalue weighted by molar-refractivity contribution is 5.97. The molecule has 1 amide bonds. The summed E-state index contributed by atoms with van der Waals surface area (Å²) in [5.74, 6) is 0.427. The summed E-state index contributed by atoms with van der Waals surface area (Å²) in [4.78, 5) is 14.4. The van der Waals surface area contributed by atoms with E-state index >= 15 is 0 Å². The Kier molecular flexibility index (Phi) is 5.81. The molecule has 0 bridgehead atoms. The minimum absolute atomic E-state index is 0. The number of amides is 1. The van der Waals surface area contributed by atoms with Gasteiger partial charge in [0.25, 0.3) is 5.91 Å². The molecule has 7 heteroatoms. The van der Waals surface area contributed by atoms with Crippen LogP contribution >= 0.6 is 12.4 Å². The van der Waals surface area contributed by atoms with E-state index in [1.54, 1.807) is 17.0 Å². The average Bonchev–Trinajstić information content (AvgIpc) is 2.92. The molecule has 128 valence electrons. The van der Waals surface area contributed by atoms with Crippen LogP contribution in [0.2, 0.25) is 0 Å². The van der Waals surface area contributed by atoms with Crippen LogP contribution in [0.3, 0.4) is 0 Å². The number of likely N-dealkylation sites (tertiary alicyclic amines) is 1. The number of para-hydroxylation sites is 1. The van der Waals surface area contributed by atoms with Crippen molar-refractivity contribution in [2.45, 2.75) is 31.9 Å². The van der Waals surface area contributed by atoms with E-state index in [4.69, 9.17) is 5.73 Å². The third-order valence-corrected chi connectivity index (χ3v) is 4.77. The molecule has 3 atom stereocenters. The van der Waals surface area contributed by atoms with Gasteiger partial charge in [0.1, 0.15) is 5.75 Å². The molecule has 2 aliphatic rings. The number of carbonyl (C=O) groups is 1. The number of alkyl halides is 2. The van der Waals surface area contributed by atoms with E-state index in [0.717, 1.165) is 19.3 Å². The standard InChI is InChI=1S/C16H20F2N2O2.ClH/c17-16(18)22-14-7-2-1-5-11(14)15(21)20-8-10-4-3-6-13(19)12(10)9-20;/h1-2,5,7,10,12-13,16H,3-4,6,8-9,19H2;1H. The second-order valence-corrected chi connectivity index (χ2v) is 6.10. The van der Waals surface area contributed by atoms with Gasteiger partial charge in [-0.1, -0.05) is 18.6 Å². The van der Waals surface area contributed by atoms with Gasteiger partial charge in [0.05, 0.1) is 5.56 Å². The first-order valence-electron chi connectivity index (χ1n) is 7.65. The van der Waals surface area contributed by atoms with E-state index in [1.165, 1.54) is 12.1 Å². The normalized spacial score (nSPS) is 26.6. The third kappa shape index (κ3) is 3.75. The number of rotatable bonds is 3. The van der Waals surface area contributed by atoms with E-state index in [2.05, 4.69) is 4.74 Å². The van der Waals surface area contributed by atoms with E-state index in [1.807, 2.05) is 0 Å². The van der Waals surface area contributed by atoms with Crippen molar-refractivity contribution in [3.63, 3.8) is 0 Å². The van der Waals surface area contributed by atoms with Gasteiger partial charge < -0.3 is 15.4 Å². The van der Waals surface area contributed by atoms with Gasteiger partial charge in [0.15, 0.2) is 0 Å². The summed E-state index contributed by atoms with van der Waals surface area (Å²) >= 11 is 0. The summed E-state index contributed by atoms with van der Waals surface area (Å²) in [6.45, 7) is -1.68. The molecule has 1 saturated carbocycles. The Morgan fingerprint density at radius 2 is 2.00 bits per heavy atom. The van der Waals surface area contributed by atoms with Gasteiger partial charge in [-0.15, -0.1) is 12.4 Å². The highest BCUT2D eigenvalue weighted by atomic mass is 35.5. The number of hydrogen-bond donors (Lipinski definition) is 1. The van der Waals surface area contributed by atoms with E-state index < -0.39 is 6.61 Å². The summed E-state index contributed by atoms with van der Waals surface area (Å²) in [5.41, 5.74) is 6.34. The molecule has 3 rings (SSSR count). The van der Waals surface area contributed by atoms with Crippen molar-refractivity contribution in [2.24, 2.45) is 17.6 Å². The number of ether oxygens (including phenoxy) is 1. The summed E-state index contributed by atoms with van der Waals surface area (Å²) in [7, 11) is 0. The van der Waals surface area contributed by atoms with E-state index in [9.17, 15) is 13.6 Å². The van der Waals surface area contributed by atoms with Gasteiger partial charge in [-0.2, -0.15) is 8.78 Å². The van der Waals surface area contributed by atoms with E-state index in [0.29, 0.717) is 24.9 Å². The lowest BCUT2D eigenvalue weighted by molar-refractivity contribution is -0.0502. The fourth-order valence-corrected chi connectivity index (χ4v) is 3.69. The van der Waals surface area contributed by atoms with Gasteiger partial charge in [-0.25, -0.2) is 0 Å². The van der Waals surface area contributed by atoms with Gasteiger partial charge >= 0.3 is 6.61 Å². The Morgan fingerprint density at radius 3 is 2.70 bits per heavy atom. The average molecular weight is 347 g/mol. The lowest BCUT2D eigenvalue weighted by atomic mass is 9.78. The Bertz CT molecular complexity index is 559. The SMILES string of the molecule is Cl.NC1CCCC2CN(C(=O)c3ccccc3OC(F)F)CC12. The molecule has 1 aliphatic heterocycles. The van der Waals surface area contributed by atoms with Crippen LogP contribution < -0.4 is 10.5 Å². The highest BCUT2D eigenvalue weighted by Crippen LogP contribution is 2.36. The summed E-state index contributed by atoms with van der Waals surface area (Å²) < 4.78 is 29.4. The Morgan fingerprint density at radius 1 is 1.26 bits per heavy atom. The molecule has 23 heavy (non-hydrogen) atoms. The van der Waals surface area contributed by atoms with Crippen LogP contribution in [0, 0.1) is 11.8 Å². The number of nitrogens with zero attached hydrogens (tertiary/aromatic N) is 1. The highest BCUT2D eigenvalue weighted by Gasteiger charge is 2.40. The summed E-state index contributed by atoms with van der Waals surface area (Å²) in [6, 6.07) is 6.29. The van der Waals surface area contributed by atoms with Crippen molar-refractivity contribution in [3.8, 4) is 5.75 Å². The molecule has 1 heterocycles. The molecule has 0 radical (unpaired) electrons. The number of halogens is 3. The molecule has 4 nitrogen and oxygen atoms in total. The first kappa shape index (κ1) is 17.9. The number of fused-ring (bicyclic) bond motifs is 1. The monoisotopic (exact) mass is 346 g/mol. The summed E-state index contributed by atoms with van der Waals surface area (Å²) in [6.07, 6.45) is 3.17. The van der Waals surface area contributed by atoms with Crippen LogP contribution in [-0.4, -0.2) is 36.5 Å². The van der Waals surface area contributed by atoms with Gasteiger partial charge in [0, 0.05) is 19.1 Å². The summed E-state index contributed by atoms with van der Waals surface area (Å²) in [5, 5.41) is 0. The van der Waals surface area contributed by atoms with Crippen molar-refractivity contribution in [1.29, 1.82) is 0 Å². The molecule has 1 saturated heterocycles. The fourth-order valence-electron chi connectivity index (χ4n) is 3.69. The molecule has 0 spiro atoms. The van der Waals surface area contributed by atoms with Crippen molar-refractivity contribution in [2.75, 3.05) is 13.1 Å². The van der Waals surface area contributed by atoms with Crippen molar-refractivity contribution >= 4 is 18.3 Å². The zero-order valence-electron chi connectivity index (χ0n) is 12.7.